The maximum absolute atomic E-state index is 5.43. The summed E-state index contributed by atoms with van der Waals surface area (Å²) in [7, 11) is 0. The van der Waals surface area contributed by atoms with Crippen molar-refractivity contribution in [2.75, 3.05) is 6.54 Å². The fourth-order valence-corrected chi connectivity index (χ4v) is 4.36. The molecule has 1 fully saturated rings. The Bertz CT molecular complexity index is 870. The highest BCUT2D eigenvalue weighted by Crippen LogP contribution is 2.37. The molecule has 1 aliphatic rings. The first-order valence-corrected chi connectivity index (χ1v) is 9.31. The minimum Gasteiger partial charge on any atom is -0.361 e. The van der Waals surface area contributed by atoms with E-state index in [0.717, 1.165) is 24.5 Å². The molecule has 0 bridgehead atoms. The fraction of sp³-hybridized carbons (Fsp3) is 0.476. The number of nitrogens with zero attached hydrogens (tertiary/aromatic N) is 3. The average Bonchev–Trinajstić information content (AvgIpc) is 3.27. The number of para-hydroxylation sites is 1. The fourth-order valence-electron chi connectivity index (χ4n) is 4.36. The molecule has 4 rings (SSSR count). The first-order chi connectivity index (χ1) is 12.1. The second-order valence-electron chi connectivity index (χ2n) is 7.54. The van der Waals surface area contributed by atoms with Crippen LogP contribution in [-0.4, -0.2) is 21.2 Å². The van der Waals surface area contributed by atoms with E-state index in [0.29, 0.717) is 12.1 Å². The number of aryl methyl sites for hydroxylation is 2. The lowest BCUT2D eigenvalue weighted by Gasteiger charge is -2.24. The van der Waals surface area contributed by atoms with Gasteiger partial charge < -0.3 is 9.09 Å². The normalized spacial score (nSPS) is 18.7. The molecule has 0 saturated carbocycles. The molecule has 2 aromatic heterocycles. The summed E-state index contributed by atoms with van der Waals surface area (Å²) in [6.07, 6.45) is 4.77. The molecule has 4 nitrogen and oxygen atoms in total. The van der Waals surface area contributed by atoms with Gasteiger partial charge in [0.1, 0.15) is 5.76 Å². The van der Waals surface area contributed by atoms with Crippen molar-refractivity contribution >= 4 is 10.9 Å². The van der Waals surface area contributed by atoms with E-state index in [1.54, 1.807) is 0 Å². The van der Waals surface area contributed by atoms with Gasteiger partial charge >= 0.3 is 0 Å². The van der Waals surface area contributed by atoms with Gasteiger partial charge in [-0.25, -0.2) is 0 Å². The molecule has 0 amide bonds. The van der Waals surface area contributed by atoms with Crippen molar-refractivity contribution in [2.45, 2.75) is 59.2 Å². The number of benzene rings is 1. The Labute approximate surface area is 149 Å². The molecule has 1 saturated heterocycles. The predicted molar refractivity (Wildman–Crippen MR) is 101 cm³/mol. The van der Waals surface area contributed by atoms with Gasteiger partial charge in [0.05, 0.1) is 5.69 Å². The van der Waals surface area contributed by atoms with Gasteiger partial charge in [-0.3, -0.25) is 4.90 Å². The van der Waals surface area contributed by atoms with Crippen LogP contribution in [0.1, 0.15) is 61.4 Å². The Morgan fingerprint density at radius 1 is 1.24 bits per heavy atom. The Kier molecular flexibility index (Phi) is 4.16. The SMILES string of the molecule is Cc1noc(C)c1[C@H]1CCCN1Cc1cn(C(C)C)c2ccccc12. The smallest absolute Gasteiger partial charge is 0.138 e. The molecule has 1 aromatic carbocycles. The second kappa shape index (κ2) is 6.34. The summed E-state index contributed by atoms with van der Waals surface area (Å²) in [6, 6.07) is 9.65. The zero-order valence-electron chi connectivity index (χ0n) is 15.6. The number of aromatic nitrogens is 2. The molecule has 1 atom stereocenters. The number of fused-ring (bicyclic) bond motifs is 1. The maximum atomic E-state index is 5.43. The minimum atomic E-state index is 0.424. The number of hydrogen-bond donors (Lipinski definition) is 0. The van der Waals surface area contributed by atoms with Crippen molar-refractivity contribution < 1.29 is 4.52 Å². The lowest BCUT2D eigenvalue weighted by molar-refractivity contribution is 0.246. The van der Waals surface area contributed by atoms with E-state index in [1.165, 1.54) is 34.9 Å². The summed E-state index contributed by atoms with van der Waals surface area (Å²) in [4.78, 5) is 2.60. The third-order valence-corrected chi connectivity index (χ3v) is 5.54. The molecule has 0 aliphatic carbocycles. The van der Waals surface area contributed by atoms with Crippen molar-refractivity contribution in [3.8, 4) is 0 Å². The van der Waals surface area contributed by atoms with Gasteiger partial charge in [-0.05, 0) is 58.7 Å². The van der Waals surface area contributed by atoms with Crippen molar-refractivity contribution in [3.63, 3.8) is 0 Å². The van der Waals surface area contributed by atoms with E-state index >= 15 is 0 Å². The third kappa shape index (κ3) is 2.78. The largest absolute Gasteiger partial charge is 0.361 e. The summed E-state index contributed by atoms with van der Waals surface area (Å²) in [5, 5.41) is 5.55. The van der Waals surface area contributed by atoms with E-state index in [9.17, 15) is 0 Å². The van der Waals surface area contributed by atoms with Crippen LogP contribution in [0, 0.1) is 13.8 Å². The summed E-state index contributed by atoms with van der Waals surface area (Å²) in [5.41, 5.74) is 5.09. The third-order valence-electron chi connectivity index (χ3n) is 5.54. The molecule has 0 N–H and O–H groups in total. The van der Waals surface area contributed by atoms with Crippen LogP contribution in [-0.2, 0) is 6.54 Å². The number of likely N-dealkylation sites (tertiary alicyclic amines) is 1. The summed E-state index contributed by atoms with van der Waals surface area (Å²) in [6.45, 7) is 10.7. The van der Waals surface area contributed by atoms with Crippen molar-refractivity contribution in [3.05, 3.63) is 53.0 Å². The molecule has 3 heterocycles. The van der Waals surface area contributed by atoms with Crippen LogP contribution >= 0.6 is 0 Å². The highest BCUT2D eigenvalue weighted by molar-refractivity contribution is 5.84. The van der Waals surface area contributed by atoms with Crippen LogP contribution < -0.4 is 0 Å². The van der Waals surface area contributed by atoms with E-state index in [1.807, 2.05) is 6.92 Å². The summed E-state index contributed by atoms with van der Waals surface area (Å²) >= 11 is 0. The van der Waals surface area contributed by atoms with E-state index in [4.69, 9.17) is 4.52 Å². The molecule has 0 radical (unpaired) electrons. The van der Waals surface area contributed by atoms with Crippen molar-refractivity contribution in [1.29, 1.82) is 0 Å². The summed E-state index contributed by atoms with van der Waals surface area (Å²) in [5.74, 6) is 0.971. The van der Waals surface area contributed by atoms with Gasteiger partial charge in [-0.2, -0.15) is 0 Å². The second-order valence-corrected chi connectivity index (χ2v) is 7.54. The first kappa shape index (κ1) is 16.4. The zero-order valence-corrected chi connectivity index (χ0v) is 15.6. The van der Waals surface area contributed by atoms with Crippen molar-refractivity contribution in [2.24, 2.45) is 0 Å². The van der Waals surface area contributed by atoms with E-state index in [2.05, 4.69) is 65.9 Å². The Hall–Kier alpha value is -2.07. The van der Waals surface area contributed by atoms with Crippen LogP contribution in [0.25, 0.3) is 10.9 Å². The van der Waals surface area contributed by atoms with Gasteiger partial charge in [0.25, 0.3) is 0 Å². The molecule has 4 heteroatoms. The first-order valence-electron chi connectivity index (χ1n) is 9.31. The molecule has 25 heavy (non-hydrogen) atoms. The molecule has 0 unspecified atom stereocenters. The van der Waals surface area contributed by atoms with Crippen LogP contribution in [0.5, 0.6) is 0 Å². The predicted octanol–water partition coefficient (Wildman–Crippen LogP) is 5.16. The number of hydrogen-bond acceptors (Lipinski definition) is 3. The monoisotopic (exact) mass is 337 g/mol. The average molecular weight is 337 g/mol. The molecule has 0 spiro atoms. The molecular formula is C21H27N3O. The lowest BCUT2D eigenvalue weighted by atomic mass is 10.0. The van der Waals surface area contributed by atoms with Crippen LogP contribution in [0.3, 0.4) is 0 Å². The number of rotatable bonds is 4. The highest BCUT2D eigenvalue weighted by Gasteiger charge is 2.31. The quantitative estimate of drug-likeness (QED) is 0.659. The standard InChI is InChI=1S/C21H27N3O/c1-14(2)24-13-17(18-8-5-6-9-19(18)24)12-23-11-7-10-20(23)21-15(3)22-25-16(21)4/h5-6,8-9,13-14,20H,7,10-12H2,1-4H3/t20-/m1/s1. The topological polar surface area (TPSA) is 34.2 Å². The molecule has 1 aliphatic heterocycles. The molecule has 3 aromatic rings. The Morgan fingerprint density at radius 3 is 2.76 bits per heavy atom. The molecule has 132 valence electrons. The van der Waals surface area contributed by atoms with Crippen LogP contribution in [0.2, 0.25) is 0 Å². The van der Waals surface area contributed by atoms with Gasteiger partial charge in [0, 0.05) is 41.3 Å². The zero-order chi connectivity index (χ0) is 17.6. The maximum Gasteiger partial charge on any atom is 0.138 e. The highest BCUT2D eigenvalue weighted by atomic mass is 16.5. The van der Waals surface area contributed by atoms with Gasteiger partial charge in [-0.1, -0.05) is 23.4 Å². The van der Waals surface area contributed by atoms with Crippen molar-refractivity contribution in [1.82, 2.24) is 14.6 Å². The van der Waals surface area contributed by atoms with Crippen LogP contribution in [0.15, 0.2) is 35.0 Å². The van der Waals surface area contributed by atoms with Crippen LogP contribution in [0.4, 0.5) is 0 Å². The van der Waals surface area contributed by atoms with Gasteiger partial charge in [0.15, 0.2) is 0 Å². The van der Waals surface area contributed by atoms with E-state index < -0.39 is 0 Å². The Morgan fingerprint density at radius 2 is 2.04 bits per heavy atom. The van der Waals surface area contributed by atoms with E-state index in [-0.39, 0.29) is 0 Å². The van der Waals surface area contributed by atoms with Gasteiger partial charge in [-0.15, -0.1) is 0 Å². The lowest BCUT2D eigenvalue weighted by Crippen LogP contribution is -2.23. The summed E-state index contributed by atoms with van der Waals surface area (Å²) < 4.78 is 7.83. The van der Waals surface area contributed by atoms with Gasteiger partial charge in [0.2, 0.25) is 0 Å². The Balaban J connectivity index is 1.69. The minimum absolute atomic E-state index is 0.424. The molecular weight excluding hydrogens is 310 g/mol.